The van der Waals surface area contributed by atoms with E-state index in [-0.39, 0.29) is 17.8 Å². The third-order valence-corrected chi connectivity index (χ3v) is 4.59. The zero-order chi connectivity index (χ0) is 18.5. The van der Waals surface area contributed by atoms with Gasteiger partial charge in [0.1, 0.15) is 0 Å². The quantitative estimate of drug-likeness (QED) is 0.456. The number of ether oxygens (including phenoxy) is 1. The Morgan fingerprint density at radius 2 is 1.81 bits per heavy atom. The maximum Gasteiger partial charge on any atom is 0.316 e. The van der Waals surface area contributed by atoms with E-state index in [4.69, 9.17) is 16.3 Å². The van der Waals surface area contributed by atoms with Gasteiger partial charge in [0.05, 0.1) is 11.9 Å². The van der Waals surface area contributed by atoms with Crippen LogP contribution in [0.1, 0.15) is 13.8 Å². The van der Waals surface area contributed by atoms with Crippen molar-refractivity contribution in [1.82, 2.24) is 14.8 Å². The topological polar surface area (TPSA) is 57.0 Å². The van der Waals surface area contributed by atoms with Crippen LogP contribution in [0, 0.1) is 0 Å². The van der Waals surface area contributed by atoms with E-state index in [1.807, 2.05) is 73.0 Å². The van der Waals surface area contributed by atoms with Crippen molar-refractivity contribution >= 4 is 29.3 Å². The smallest absolute Gasteiger partial charge is 0.316 e. The highest BCUT2D eigenvalue weighted by Crippen LogP contribution is 2.28. The summed E-state index contributed by atoms with van der Waals surface area (Å²) < 4.78 is 7.12. The predicted molar refractivity (Wildman–Crippen MR) is 104 cm³/mol. The lowest BCUT2D eigenvalue weighted by atomic mass is 10.2. The van der Waals surface area contributed by atoms with Crippen LogP contribution >= 0.6 is 23.4 Å². The molecular formula is C19H18ClN3O2S. The van der Waals surface area contributed by atoms with E-state index in [2.05, 4.69) is 10.2 Å². The van der Waals surface area contributed by atoms with Crippen molar-refractivity contribution < 1.29 is 9.53 Å². The van der Waals surface area contributed by atoms with Crippen LogP contribution < -0.4 is 0 Å². The van der Waals surface area contributed by atoms with Crippen molar-refractivity contribution in [2.45, 2.75) is 25.1 Å². The van der Waals surface area contributed by atoms with E-state index in [1.165, 1.54) is 11.8 Å². The van der Waals surface area contributed by atoms with Gasteiger partial charge in [-0.1, -0.05) is 41.6 Å². The molecule has 0 aliphatic carbocycles. The van der Waals surface area contributed by atoms with Gasteiger partial charge in [-0.15, -0.1) is 10.2 Å². The highest BCUT2D eigenvalue weighted by atomic mass is 35.5. The average Bonchev–Trinajstić information content (AvgIpc) is 3.05. The minimum atomic E-state index is -0.277. The monoisotopic (exact) mass is 387 g/mol. The molecule has 1 heterocycles. The Labute approximate surface area is 161 Å². The van der Waals surface area contributed by atoms with E-state index in [9.17, 15) is 4.79 Å². The van der Waals surface area contributed by atoms with Gasteiger partial charge in [-0.25, -0.2) is 0 Å². The molecule has 0 spiro atoms. The fraction of sp³-hybridized carbons (Fsp3) is 0.211. The van der Waals surface area contributed by atoms with Crippen LogP contribution in [0.25, 0.3) is 17.1 Å². The van der Waals surface area contributed by atoms with Crippen LogP contribution in [0.4, 0.5) is 0 Å². The first-order chi connectivity index (χ1) is 12.5. The lowest BCUT2D eigenvalue weighted by Gasteiger charge is -2.11. The van der Waals surface area contributed by atoms with Gasteiger partial charge in [-0.05, 0) is 50.2 Å². The van der Waals surface area contributed by atoms with Crippen LogP contribution in [0.2, 0.25) is 5.02 Å². The normalized spacial score (nSPS) is 10.9. The molecule has 3 aromatic rings. The molecule has 5 nitrogen and oxygen atoms in total. The van der Waals surface area contributed by atoms with Crippen molar-refractivity contribution in [3.8, 4) is 17.1 Å². The van der Waals surface area contributed by atoms with E-state index in [0.29, 0.717) is 16.0 Å². The Bertz CT molecular complexity index is 880. The lowest BCUT2D eigenvalue weighted by molar-refractivity contribution is -0.144. The summed E-state index contributed by atoms with van der Waals surface area (Å²) in [5, 5.41) is 9.89. The maximum atomic E-state index is 11.9. The molecule has 7 heteroatoms. The van der Waals surface area contributed by atoms with Crippen LogP contribution in [0.3, 0.4) is 0 Å². The maximum absolute atomic E-state index is 11.9. The minimum Gasteiger partial charge on any atom is -0.462 e. The van der Waals surface area contributed by atoms with Crippen LogP contribution in [0.15, 0.2) is 59.8 Å². The van der Waals surface area contributed by atoms with Gasteiger partial charge in [-0.2, -0.15) is 0 Å². The van der Waals surface area contributed by atoms with Gasteiger partial charge in [0.25, 0.3) is 0 Å². The third-order valence-electron chi connectivity index (χ3n) is 3.44. The second-order valence-corrected chi connectivity index (χ2v) is 7.19. The van der Waals surface area contributed by atoms with Crippen LogP contribution in [-0.2, 0) is 9.53 Å². The Kier molecular flexibility index (Phi) is 5.96. The summed E-state index contributed by atoms with van der Waals surface area (Å²) in [6, 6.07) is 17.2. The number of hydrogen-bond acceptors (Lipinski definition) is 5. The van der Waals surface area contributed by atoms with Gasteiger partial charge in [0, 0.05) is 16.3 Å². The van der Waals surface area contributed by atoms with Gasteiger partial charge < -0.3 is 4.74 Å². The number of carbonyl (C=O) groups is 1. The van der Waals surface area contributed by atoms with Crippen molar-refractivity contribution in [2.24, 2.45) is 0 Å². The number of aromatic nitrogens is 3. The van der Waals surface area contributed by atoms with E-state index < -0.39 is 0 Å². The molecule has 0 unspecified atom stereocenters. The van der Waals surface area contributed by atoms with Gasteiger partial charge in [0.2, 0.25) is 0 Å². The second kappa shape index (κ2) is 8.38. The summed E-state index contributed by atoms with van der Waals surface area (Å²) in [5.41, 5.74) is 1.81. The van der Waals surface area contributed by atoms with Crippen molar-refractivity contribution in [3.63, 3.8) is 0 Å². The average molecular weight is 388 g/mol. The van der Waals surface area contributed by atoms with Gasteiger partial charge in [0.15, 0.2) is 11.0 Å². The summed E-state index contributed by atoms with van der Waals surface area (Å²) in [5.74, 6) is 0.581. The SMILES string of the molecule is CC(C)OC(=O)CSc1nnc(-c2ccc(Cl)cc2)n1-c1ccccc1. The number of para-hydroxylation sites is 1. The number of esters is 1. The first kappa shape index (κ1) is 18.5. The van der Waals surface area contributed by atoms with Crippen molar-refractivity contribution in [2.75, 3.05) is 5.75 Å². The van der Waals surface area contributed by atoms with E-state index in [1.54, 1.807) is 0 Å². The largest absolute Gasteiger partial charge is 0.462 e. The van der Waals surface area contributed by atoms with Crippen LogP contribution in [0.5, 0.6) is 0 Å². The number of benzene rings is 2. The zero-order valence-corrected chi connectivity index (χ0v) is 16.0. The highest BCUT2D eigenvalue weighted by molar-refractivity contribution is 7.99. The number of hydrogen-bond donors (Lipinski definition) is 0. The van der Waals surface area contributed by atoms with Gasteiger partial charge >= 0.3 is 5.97 Å². The van der Waals surface area contributed by atoms with Crippen molar-refractivity contribution in [3.05, 3.63) is 59.6 Å². The molecule has 0 N–H and O–H groups in total. The summed E-state index contributed by atoms with van der Waals surface area (Å²) in [6.45, 7) is 3.65. The number of carbonyl (C=O) groups excluding carboxylic acids is 1. The standard InChI is InChI=1S/C19H18ClN3O2S/c1-13(2)25-17(24)12-26-19-22-21-18(14-8-10-15(20)11-9-14)23(19)16-6-4-3-5-7-16/h3-11,13H,12H2,1-2H3. The molecule has 0 aliphatic rings. The molecule has 0 atom stereocenters. The van der Waals surface area contributed by atoms with E-state index >= 15 is 0 Å². The summed E-state index contributed by atoms with van der Waals surface area (Å²) in [6.07, 6.45) is -0.139. The molecule has 0 bridgehead atoms. The molecule has 0 radical (unpaired) electrons. The number of halogens is 1. The molecular weight excluding hydrogens is 370 g/mol. The molecule has 0 amide bonds. The number of rotatable bonds is 6. The molecule has 26 heavy (non-hydrogen) atoms. The number of thioether (sulfide) groups is 1. The van der Waals surface area contributed by atoms with Gasteiger partial charge in [-0.3, -0.25) is 9.36 Å². The summed E-state index contributed by atoms with van der Waals surface area (Å²) in [4.78, 5) is 11.9. The molecule has 0 fully saturated rings. The molecule has 3 rings (SSSR count). The molecule has 1 aromatic heterocycles. The van der Waals surface area contributed by atoms with Crippen molar-refractivity contribution in [1.29, 1.82) is 0 Å². The molecule has 134 valence electrons. The van der Waals surface area contributed by atoms with Crippen LogP contribution in [-0.4, -0.2) is 32.6 Å². The summed E-state index contributed by atoms with van der Waals surface area (Å²) >= 11 is 7.29. The second-order valence-electron chi connectivity index (χ2n) is 5.81. The first-order valence-electron chi connectivity index (χ1n) is 8.13. The molecule has 0 saturated carbocycles. The molecule has 2 aromatic carbocycles. The minimum absolute atomic E-state index is 0.139. The Morgan fingerprint density at radius 3 is 2.46 bits per heavy atom. The number of nitrogens with zero attached hydrogens (tertiary/aromatic N) is 3. The first-order valence-corrected chi connectivity index (χ1v) is 9.50. The fourth-order valence-corrected chi connectivity index (χ4v) is 3.24. The Morgan fingerprint density at radius 1 is 1.12 bits per heavy atom. The zero-order valence-electron chi connectivity index (χ0n) is 14.4. The third kappa shape index (κ3) is 4.45. The Hall–Kier alpha value is -2.31. The molecule has 0 saturated heterocycles. The Balaban J connectivity index is 1.95. The predicted octanol–water partition coefficient (Wildman–Crippen LogP) is 4.63. The highest BCUT2D eigenvalue weighted by Gasteiger charge is 2.17. The summed E-state index contributed by atoms with van der Waals surface area (Å²) in [7, 11) is 0. The fourth-order valence-electron chi connectivity index (χ4n) is 2.38. The molecule has 0 aliphatic heterocycles. The van der Waals surface area contributed by atoms with E-state index in [0.717, 1.165) is 11.3 Å². The lowest BCUT2D eigenvalue weighted by Crippen LogP contribution is -2.13.